The molecule has 1 atom stereocenters. The quantitative estimate of drug-likeness (QED) is 0.744. The van der Waals surface area contributed by atoms with Gasteiger partial charge in [-0.2, -0.15) is 0 Å². The van der Waals surface area contributed by atoms with Gasteiger partial charge in [0, 0.05) is 11.6 Å². The van der Waals surface area contributed by atoms with Gasteiger partial charge in [-0.15, -0.1) is 0 Å². The van der Waals surface area contributed by atoms with Crippen LogP contribution in [0.15, 0.2) is 18.2 Å². The third-order valence-corrected chi connectivity index (χ3v) is 4.38. The van der Waals surface area contributed by atoms with Crippen molar-refractivity contribution >= 4 is 0 Å². The van der Waals surface area contributed by atoms with Gasteiger partial charge >= 0.3 is 0 Å². The maximum absolute atomic E-state index is 13.8. The average Bonchev–Trinajstić information content (AvgIpc) is 2.97. The summed E-state index contributed by atoms with van der Waals surface area (Å²) in [4.78, 5) is 0. The predicted octanol–water partition coefficient (Wildman–Crippen LogP) is 4.46. The Morgan fingerprint density at radius 3 is 2.80 bits per heavy atom. The van der Waals surface area contributed by atoms with E-state index in [4.69, 9.17) is 4.74 Å². The molecule has 0 aliphatic heterocycles. The summed E-state index contributed by atoms with van der Waals surface area (Å²) in [5, 5.41) is 3.42. The van der Waals surface area contributed by atoms with Gasteiger partial charge in [0.1, 0.15) is 11.6 Å². The van der Waals surface area contributed by atoms with Gasteiger partial charge in [0.05, 0.1) is 7.11 Å². The topological polar surface area (TPSA) is 21.3 Å². The fourth-order valence-electron chi connectivity index (χ4n) is 3.10. The van der Waals surface area contributed by atoms with Crippen molar-refractivity contribution in [3.05, 3.63) is 29.6 Å². The Morgan fingerprint density at radius 2 is 2.10 bits per heavy atom. The van der Waals surface area contributed by atoms with Crippen LogP contribution in [0.3, 0.4) is 0 Å². The zero-order valence-corrected chi connectivity index (χ0v) is 12.6. The van der Waals surface area contributed by atoms with Crippen LogP contribution in [0.2, 0.25) is 0 Å². The van der Waals surface area contributed by atoms with Crippen LogP contribution in [-0.2, 0) is 0 Å². The van der Waals surface area contributed by atoms with Gasteiger partial charge in [-0.25, -0.2) is 4.39 Å². The average molecular weight is 279 g/mol. The SMILES string of the molecule is COc1ccc(F)c(C(C)NCCCC2CCCC2)c1. The molecule has 0 aromatic heterocycles. The van der Waals surface area contributed by atoms with Crippen LogP contribution in [0.1, 0.15) is 57.1 Å². The molecule has 0 bridgehead atoms. The summed E-state index contributed by atoms with van der Waals surface area (Å²) in [6, 6.07) is 4.94. The van der Waals surface area contributed by atoms with Crippen molar-refractivity contribution in [2.24, 2.45) is 5.92 Å². The van der Waals surface area contributed by atoms with Gasteiger partial charge in [-0.05, 0) is 50.4 Å². The van der Waals surface area contributed by atoms with Crippen LogP contribution in [0.5, 0.6) is 5.75 Å². The van der Waals surface area contributed by atoms with E-state index in [0.717, 1.165) is 12.5 Å². The van der Waals surface area contributed by atoms with Crippen LogP contribution in [0.25, 0.3) is 0 Å². The standard InChI is InChI=1S/C17H26FNO/c1-13(16-12-15(20-2)9-10-17(16)18)19-11-5-8-14-6-3-4-7-14/h9-10,12-14,19H,3-8,11H2,1-2H3. The molecule has 1 fully saturated rings. The van der Waals surface area contributed by atoms with Crippen molar-refractivity contribution in [2.75, 3.05) is 13.7 Å². The minimum Gasteiger partial charge on any atom is -0.497 e. The van der Waals surface area contributed by atoms with Gasteiger partial charge in [0.25, 0.3) is 0 Å². The molecular formula is C17H26FNO. The van der Waals surface area contributed by atoms with Gasteiger partial charge in [-0.3, -0.25) is 0 Å². The van der Waals surface area contributed by atoms with Crippen LogP contribution in [-0.4, -0.2) is 13.7 Å². The van der Waals surface area contributed by atoms with Crippen LogP contribution < -0.4 is 10.1 Å². The molecule has 112 valence electrons. The lowest BCUT2D eigenvalue weighted by Crippen LogP contribution is -2.21. The fourth-order valence-corrected chi connectivity index (χ4v) is 3.10. The highest BCUT2D eigenvalue weighted by molar-refractivity contribution is 5.31. The summed E-state index contributed by atoms with van der Waals surface area (Å²) in [6.45, 7) is 2.96. The van der Waals surface area contributed by atoms with Crippen LogP contribution in [0, 0.1) is 11.7 Å². The molecule has 1 aromatic rings. The number of ether oxygens (including phenoxy) is 1. The lowest BCUT2D eigenvalue weighted by atomic mass is 10.0. The summed E-state index contributed by atoms with van der Waals surface area (Å²) in [7, 11) is 1.61. The normalized spacial score (nSPS) is 17.4. The van der Waals surface area contributed by atoms with E-state index in [-0.39, 0.29) is 11.9 Å². The van der Waals surface area contributed by atoms with Crippen molar-refractivity contribution in [3.8, 4) is 5.75 Å². The number of hydrogen-bond acceptors (Lipinski definition) is 2. The second kappa shape index (κ2) is 7.63. The van der Waals surface area contributed by atoms with Gasteiger partial charge in [-0.1, -0.05) is 25.7 Å². The molecule has 1 aromatic carbocycles. The van der Waals surface area contributed by atoms with E-state index < -0.39 is 0 Å². The Bertz CT molecular complexity index is 415. The lowest BCUT2D eigenvalue weighted by molar-refractivity contribution is 0.410. The summed E-state index contributed by atoms with van der Waals surface area (Å²) in [6.07, 6.45) is 8.11. The second-order valence-corrected chi connectivity index (χ2v) is 5.86. The molecule has 3 heteroatoms. The number of rotatable bonds is 7. The third kappa shape index (κ3) is 4.20. The van der Waals surface area contributed by atoms with Crippen LogP contribution in [0.4, 0.5) is 4.39 Å². The van der Waals surface area contributed by atoms with Crippen LogP contribution >= 0.6 is 0 Å². The molecule has 2 rings (SSSR count). The van der Waals surface area contributed by atoms with Gasteiger partial charge in [0.2, 0.25) is 0 Å². The molecule has 0 amide bonds. The number of benzene rings is 1. The molecule has 0 heterocycles. The Kier molecular flexibility index (Phi) is 5.84. The number of methoxy groups -OCH3 is 1. The van der Waals surface area contributed by atoms with Crippen molar-refractivity contribution < 1.29 is 9.13 Å². The molecule has 1 unspecified atom stereocenters. The van der Waals surface area contributed by atoms with E-state index in [1.54, 1.807) is 19.2 Å². The monoisotopic (exact) mass is 279 g/mol. The smallest absolute Gasteiger partial charge is 0.128 e. The molecular weight excluding hydrogens is 253 g/mol. The largest absolute Gasteiger partial charge is 0.497 e. The Morgan fingerprint density at radius 1 is 1.35 bits per heavy atom. The maximum Gasteiger partial charge on any atom is 0.128 e. The number of nitrogens with one attached hydrogen (secondary N) is 1. The first-order valence-corrected chi connectivity index (χ1v) is 7.77. The molecule has 0 saturated heterocycles. The molecule has 1 N–H and O–H groups in total. The maximum atomic E-state index is 13.8. The highest BCUT2D eigenvalue weighted by atomic mass is 19.1. The van der Waals surface area contributed by atoms with Crippen molar-refractivity contribution in [1.29, 1.82) is 0 Å². The molecule has 2 nitrogen and oxygen atoms in total. The molecule has 20 heavy (non-hydrogen) atoms. The Hall–Kier alpha value is -1.09. The predicted molar refractivity (Wildman–Crippen MR) is 80.6 cm³/mol. The molecule has 0 radical (unpaired) electrons. The first-order chi connectivity index (χ1) is 9.70. The highest BCUT2D eigenvalue weighted by Crippen LogP contribution is 2.28. The van der Waals surface area contributed by atoms with E-state index in [2.05, 4.69) is 5.32 Å². The van der Waals surface area contributed by atoms with Crippen molar-refractivity contribution in [2.45, 2.75) is 51.5 Å². The molecule has 1 aliphatic carbocycles. The van der Waals surface area contributed by atoms with Gasteiger partial charge < -0.3 is 10.1 Å². The zero-order valence-electron chi connectivity index (χ0n) is 12.6. The summed E-state index contributed by atoms with van der Waals surface area (Å²) >= 11 is 0. The first kappa shape index (κ1) is 15.3. The first-order valence-electron chi connectivity index (χ1n) is 7.77. The highest BCUT2D eigenvalue weighted by Gasteiger charge is 2.15. The van der Waals surface area contributed by atoms with E-state index in [9.17, 15) is 4.39 Å². The summed E-state index contributed by atoms with van der Waals surface area (Å²) in [5.41, 5.74) is 0.685. The Balaban J connectivity index is 1.77. The van der Waals surface area contributed by atoms with E-state index in [0.29, 0.717) is 11.3 Å². The molecule has 1 aliphatic rings. The number of hydrogen-bond donors (Lipinski definition) is 1. The number of halogens is 1. The fraction of sp³-hybridized carbons (Fsp3) is 0.647. The zero-order chi connectivity index (χ0) is 14.4. The third-order valence-electron chi connectivity index (χ3n) is 4.38. The lowest BCUT2D eigenvalue weighted by Gasteiger charge is -2.16. The van der Waals surface area contributed by atoms with Gasteiger partial charge in [0.15, 0.2) is 0 Å². The minimum absolute atomic E-state index is 0.0219. The van der Waals surface area contributed by atoms with Crippen molar-refractivity contribution in [1.82, 2.24) is 5.32 Å². The van der Waals surface area contributed by atoms with E-state index >= 15 is 0 Å². The second-order valence-electron chi connectivity index (χ2n) is 5.86. The summed E-state index contributed by atoms with van der Waals surface area (Å²) < 4.78 is 19.0. The van der Waals surface area contributed by atoms with Crippen molar-refractivity contribution in [3.63, 3.8) is 0 Å². The summed E-state index contributed by atoms with van der Waals surface area (Å²) in [5.74, 6) is 1.48. The van der Waals surface area contributed by atoms with E-state index in [1.165, 1.54) is 44.6 Å². The molecule has 1 saturated carbocycles. The minimum atomic E-state index is -0.165. The van der Waals surface area contributed by atoms with E-state index in [1.807, 2.05) is 6.92 Å². The molecule has 0 spiro atoms. The Labute approximate surface area is 121 Å².